The lowest BCUT2D eigenvalue weighted by molar-refractivity contribution is 0.239. The fraction of sp³-hybridized carbons (Fsp3) is 0.312. The Morgan fingerprint density at radius 1 is 1.24 bits per heavy atom. The lowest BCUT2D eigenvalue weighted by atomic mass is 10.2. The van der Waals surface area contributed by atoms with Gasteiger partial charge in [0.1, 0.15) is 18.2 Å². The van der Waals surface area contributed by atoms with E-state index < -0.39 is 0 Å². The molecule has 2 aromatic rings. The minimum Gasteiger partial charge on any atom is -0.492 e. The molecular formula is C16H21N3OS. The molecule has 0 bridgehead atoms. The van der Waals surface area contributed by atoms with Crippen molar-refractivity contribution in [3.63, 3.8) is 0 Å². The Kier molecular flexibility index (Phi) is 5.78. The van der Waals surface area contributed by atoms with E-state index in [1.807, 2.05) is 12.1 Å². The number of nitrogens with one attached hydrogen (secondary N) is 1. The SMILES string of the molecule is CN(CCOc1ccc(C(=N)N)cc1)CCc1cccs1. The van der Waals surface area contributed by atoms with Crippen LogP contribution in [0.15, 0.2) is 41.8 Å². The third-order valence-corrected chi connectivity index (χ3v) is 4.16. The van der Waals surface area contributed by atoms with Gasteiger partial charge in [0.2, 0.25) is 0 Å². The van der Waals surface area contributed by atoms with Crippen molar-refractivity contribution in [1.82, 2.24) is 4.90 Å². The molecule has 2 rings (SSSR count). The monoisotopic (exact) mass is 303 g/mol. The van der Waals surface area contributed by atoms with Crippen LogP contribution in [0.2, 0.25) is 0 Å². The van der Waals surface area contributed by atoms with Gasteiger partial charge in [-0.05, 0) is 49.2 Å². The van der Waals surface area contributed by atoms with Crippen LogP contribution >= 0.6 is 11.3 Å². The van der Waals surface area contributed by atoms with Crippen LogP contribution in [0.4, 0.5) is 0 Å². The molecule has 0 atom stereocenters. The zero-order valence-corrected chi connectivity index (χ0v) is 13.0. The highest BCUT2D eigenvalue weighted by molar-refractivity contribution is 7.09. The Labute approximate surface area is 129 Å². The van der Waals surface area contributed by atoms with Gasteiger partial charge in [-0.2, -0.15) is 0 Å². The number of hydrogen-bond acceptors (Lipinski definition) is 4. The van der Waals surface area contributed by atoms with Crippen molar-refractivity contribution in [3.05, 3.63) is 52.2 Å². The van der Waals surface area contributed by atoms with Crippen molar-refractivity contribution in [2.45, 2.75) is 6.42 Å². The Bertz CT molecular complexity index is 551. The molecule has 5 heteroatoms. The summed E-state index contributed by atoms with van der Waals surface area (Å²) in [5, 5.41) is 9.45. The number of rotatable bonds is 8. The Morgan fingerprint density at radius 3 is 2.62 bits per heavy atom. The van der Waals surface area contributed by atoms with Gasteiger partial charge in [0.05, 0.1) is 0 Å². The van der Waals surface area contributed by atoms with Gasteiger partial charge in [-0.15, -0.1) is 11.3 Å². The van der Waals surface area contributed by atoms with E-state index in [0.717, 1.165) is 30.8 Å². The molecular weight excluding hydrogens is 282 g/mol. The number of nitrogens with two attached hydrogens (primary N) is 1. The predicted molar refractivity (Wildman–Crippen MR) is 88.5 cm³/mol. The second-order valence-corrected chi connectivity index (χ2v) is 5.95. The van der Waals surface area contributed by atoms with E-state index in [9.17, 15) is 0 Å². The van der Waals surface area contributed by atoms with Crippen LogP contribution < -0.4 is 10.5 Å². The molecule has 3 N–H and O–H groups in total. The first kappa shape index (κ1) is 15.5. The summed E-state index contributed by atoms with van der Waals surface area (Å²) in [5.74, 6) is 0.890. The predicted octanol–water partition coefficient (Wildman–Crippen LogP) is 2.59. The summed E-state index contributed by atoms with van der Waals surface area (Å²) in [7, 11) is 2.11. The second kappa shape index (κ2) is 7.81. The maximum atomic E-state index is 7.34. The van der Waals surface area contributed by atoms with E-state index in [0.29, 0.717) is 6.61 Å². The molecule has 0 fully saturated rings. The van der Waals surface area contributed by atoms with Crippen molar-refractivity contribution in [3.8, 4) is 5.75 Å². The summed E-state index contributed by atoms with van der Waals surface area (Å²) >= 11 is 1.80. The normalized spacial score (nSPS) is 10.8. The molecule has 112 valence electrons. The van der Waals surface area contributed by atoms with Gasteiger partial charge in [-0.3, -0.25) is 5.41 Å². The van der Waals surface area contributed by atoms with Crippen molar-refractivity contribution >= 4 is 17.2 Å². The first-order chi connectivity index (χ1) is 10.1. The Hall–Kier alpha value is -1.85. The summed E-state index contributed by atoms with van der Waals surface area (Å²) in [6.07, 6.45) is 1.08. The third kappa shape index (κ3) is 5.21. The fourth-order valence-corrected chi connectivity index (χ4v) is 2.62. The summed E-state index contributed by atoms with van der Waals surface area (Å²) in [5.41, 5.74) is 6.13. The van der Waals surface area contributed by atoms with Crippen LogP contribution in [0.3, 0.4) is 0 Å². The average Bonchev–Trinajstić information content (AvgIpc) is 2.99. The van der Waals surface area contributed by atoms with Crippen LogP contribution in [-0.4, -0.2) is 37.5 Å². The second-order valence-electron chi connectivity index (χ2n) is 4.92. The molecule has 0 amide bonds. The van der Waals surface area contributed by atoms with Crippen molar-refractivity contribution < 1.29 is 4.74 Å². The summed E-state index contributed by atoms with van der Waals surface area (Å²) in [6.45, 7) is 2.58. The molecule has 1 aromatic heterocycles. The maximum absolute atomic E-state index is 7.34. The van der Waals surface area contributed by atoms with E-state index in [1.54, 1.807) is 23.5 Å². The van der Waals surface area contributed by atoms with E-state index in [4.69, 9.17) is 15.9 Å². The molecule has 0 spiro atoms. The highest BCUT2D eigenvalue weighted by atomic mass is 32.1. The lowest BCUT2D eigenvalue weighted by Crippen LogP contribution is -2.26. The number of benzene rings is 1. The molecule has 4 nitrogen and oxygen atoms in total. The van der Waals surface area contributed by atoms with E-state index in [2.05, 4.69) is 29.5 Å². The minimum absolute atomic E-state index is 0.0786. The lowest BCUT2D eigenvalue weighted by Gasteiger charge is -2.16. The molecule has 1 heterocycles. The van der Waals surface area contributed by atoms with Crippen molar-refractivity contribution in [2.75, 3.05) is 26.7 Å². The first-order valence-electron chi connectivity index (χ1n) is 6.93. The van der Waals surface area contributed by atoms with Gasteiger partial charge in [0.15, 0.2) is 0 Å². The van der Waals surface area contributed by atoms with Crippen molar-refractivity contribution in [1.29, 1.82) is 5.41 Å². The van der Waals surface area contributed by atoms with Gasteiger partial charge >= 0.3 is 0 Å². The smallest absolute Gasteiger partial charge is 0.122 e. The van der Waals surface area contributed by atoms with E-state index in [-0.39, 0.29) is 5.84 Å². The molecule has 1 aromatic carbocycles. The quantitative estimate of drug-likeness (QED) is 0.582. The van der Waals surface area contributed by atoms with Gasteiger partial charge < -0.3 is 15.4 Å². The molecule has 0 aliphatic heterocycles. The summed E-state index contributed by atoms with van der Waals surface area (Å²) < 4.78 is 5.70. The summed E-state index contributed by atoms with van der Waals surface area (Å²) in [6, 6.07) is 11.6. The van der Waals surface area contributed by atoms with E-state index in [1.165, 1.54) is 4.88 Å². The molecule has 0 aliphatic carbocycles. The number of nitrogen functional groups attached to an aromatic ring is 1. The standard InChI is InChI=1S/C16H21N3OS/c1-19(9-8-15-3-2-12-21-15)10-11-20-14-6-4-13(5-7-14)16(17)18/h2-7,12H,8-11H2,1H3,(H3,17,18). The van der Waals surface area contributed by atoms with Gasteiger partial charge in [-0.25, -0.2) is 0 Å². The highest BCUT2D eigenvalue weighted by Gasteiger charge is 2.02. The third-order valence-electron chi connectivity index (χ3n) is 3.23. The topological polar surface area (TPSA) is 62.3 Å². The van der Waals surface area contributed by atoms with Gasteiger partial charge in [0, 0.05) is 23.5 Å². The summed E-state index contributed by atoms with van der Waals surface area (Å²) in [4.78, 5) is 3.69. The highest BCUT2D eigenvalue weighted by Crippen LogP contribution is 2.12. The van der Waals surface area contributed by atoms with Crippen LogP contribution in [0.25, 0.3) is 0 Å². The fourth-order valence-electron chi connectivity index (χ4n) is 1.92. The molecule has 0 saturated carbocycles. The van der Waals surface area contributed by atoms with Crippen LogP contribution in [-0.2, 0) is 6.42 Å². The van der Waals surface area contributed by atoms with Gasteiger partial charge in [0.25, 0.3) is 0 Å². The van der Waals surface area contributed by atoms with Crippen molar-refractivity contribution in [2.24, 2.45) is 5.73 Å². The first-order valence-corrected chi connectivity index (χ1v) is 7.81. The number of thiophene rings is 1. The average molecular weight is 303 g/mol. The molecule has 0 aliphatic rings. The zero-order valence-electron chi connectivity index (χ0n) is 12.2. The Balaban J connectivity index is 1.67. The molecule has 0 unspecified atom stereocenters. The molecule has 21 heavy (non-hydrogen) atoms. The molecule has 0 radical (unpaired) electrons. The number of amidine groups is 1. The zero-order chi connectivity index (χ0) is 15.1. The number of likely N-dealkylation sites (N-methyl/N-ethyl adjacent to an activating group) is 1. The van der Waals surface area contributed by atoms with Crippen LogP contribution in [0.5, 0.6) is 5.75 Å². The maximum Gasteiger partial charge on any atom is 0.122 e. The van der Waals surface area contributed by atoms with E-state index >= 15 is 0 Å². The van der Waals surface area contributed by atoms with Crippen LogP contribution in [0, 0.1) is 5.41 Å². The molecule has 0 saturated heterocycles. The number of nitrogens with zero attached hydrogens (tertiary/aromatic N) is 1. The van der Waals surface area contributed by atoms with Crippen LogP contribution in [0.1, 0.15) is 10.4 Å². The largest absolute Gasteiger partial charge is 0.492 e. The number of ether oxygens (including phenoxy) is 1. The van der Waals surface area contributed by atoms with Gasteiger partial charge in [-0.1, -0.05) is 6.07 Å². The number of hydrogen-bond donors (Lipinski definition) is 2. The minimum atomic E-state index is 0.0786. The Morgan fingerprint density at radius 2 is 2.00 bits per heavy atom.